The van der Waals surface area contributed by atoms with Gasteiger partial charge >= 0.3 is 0 Å². The molecule has 2 saturated heterocycles. The minimum Gasteiger partial charge on any atom is -0.497 e. The second-order valence-corrected chi connectivity index (χ2v) is 8.00. The fourth-order valence-electron chi connectivity index (χ4n) is 4.23. The molecule has 3 rings (SSSR count). The van der Waals surface area contributed by atoms with Crippen molar-refractivity contribution in [3.63, 3.8) is 0 Å². The van der Waals surface area contributed by atoms with E-state index in [1.54, 1.807) is 7.11 Å². The Morgan fingerprint density at radius 1 is 1.07 bits per heavy atom. The van der Waals surface area contributed by atoms with Gasteiger partial charge in [-0.25, -0.2) is 0 Å². The molecule has 0 aromatic heterocycles. The van der Waals surface area contributed by atoms with Gasteiger partial charge in [0.25, 0.3) is 5.91 Å². The van der Waals surface area contributed by atoms with Crippen LogP contribution < -0.4 is 9.47 Å². The third-order valence-corrected chi connectivity index (χ3v) is 5.95. The fraction of sp³-hybridized carbons (Fsp3) is 0.696. The van der Waals surface area contributed by atoms with Gasteiger partial charge in [0.15, 0.2) is 6.61 Å². The van der Waals surface area contributed by atoms with Crippen molar-refractivity contribution in [2.24, 2.45) is 0 Å². The Bertz CT molecular complexity index is 593. The molecule has 0 spiro atoms. The third-order valence-electron chi connectivity index (χ3n) is 5.95. The number of hydrogen-bond donors (Lipinski definition) is 0. The first-order valence-corrected chi connectivity index (χ1v) is 11.1. The van der Waals surface area contributed by atoms with Crippen LogP contribution in [0.15, 0.2) is 24.3 Å². The van der Waals surface area contributed by atoms with Crippen LogP contribution in [0.1, 0.15) is 44.9 Å². The molecule has 6 nitrogen and oxygen atoms in total. The second-order valence-electron chi connectivity index (χ2n) is 8.00. The van der Waals surface area contributed by atoms with Gasteiger partial charge in [-0.15, -0.1) is 0 Å². The van der Waals surface area contributed by atoms with Crippen molar-refractivity contribution in [1.29, 1.82) is 0 Å². The third kappa shape index (κ3) is 7.19. The lowest BCUT2D eigenvalue weighted by Crippen LogP contribution is -2.46. The molecule has 1 amide bonds. The Balaban J connectivity index is 1.51. The molecular formula is C23H36N2O4. The molecule has 2 fully saturated rings. The van der Waals surface area contributed by atoms with E-state index in [-0.39, 0.29) is 18.6 Å². The molecule has 0 aliphatic carbocycles. The smallest absolute Gasteiger partial charge is 0.260 e. The van der Waals surface area contributed by atoms with Crippen LogP contribution in [-0.2, 0) is 9.53 Å². The lowest BCUT2D eigenvalue weighted by Gasteiger charge is -2.35. The Labute approximate surface area is 175 Å². The van der Waals surface area contributed by atoms with Gasteiger partial charge in [-0.1, -0.05) is 12.8 Å². The number of carbonyl (C=O) groups is 1. The molecule has 6 heteroatoms. The Morgan fingerprint density at radius 3 is 2.38 bits per heavy atom. The van der Waals surface area contributed by atoms with Crippen LogP contribution in [0.2, 0.25) is 0 Å². The number of nitrogens with zero attached hydrogens (tertiary/aromatic N) is 2. The molecule has 0 unspecified atom stereocenters. The highest BCUT2D eigenvalue weighted by Gasteiger charge is 2.26. The van der Waals surface area contributed by atoms with E-state index < -0.39 is 0 Å². The zero-order valence-corrected chi connectivity index (χ0v) is 17.8. The highest BCUT2D eigenvalue weighted by molar-refractivity contribution is 5.78. The van der Waals surface area contributed by atoms with Gasteiger partial charge in [-0.3, -0.25) is 4.79 Å². The van der Waals surface area contributed by atoms with Crippen molar-refractivity contribution in [2.45, 2.75) is 51.0 Å². The molecule has 0 N–H and O–H groups in total. The zero-order valence-electron chi connectivity index (χ0n) is 17.8. The van der Waals surface area contributed by atoms with Gasteiger partial charge in [0.05, 0.1) is 7.11 Å². The monoisotopic (exact) mass is 404 g/mol. The normalized spacial score (nSPS) is 18.8. The van der Waals surface area contributed by atoms with Gasteiger partial charge in [0, 0.05) is 25.8 Å². The summed E-state index contributed by atoms with van der Waals surface area (Å²) in [5, 5.41) is 0. The molecule has 2 aliphatic rings. The number of methoxy groups -OCH3 is 1. The summed E-state index contributed by atoms with van der Waals surface area (Å²) >= 11 is 0. The summed E-state index contributed by atoms with van der Waals surface area (Å²) in [6.45, 7) is 5.82. The maximum atomic E-state index is 13.0. The summed E-state index contributed by atoms with van der Waals surface area (Å²) in [4.78, 5) is 17.6. The van der Waals surface area contributed by atoms with Gasteiger partial charge in [-0.05, 0) is 76.0 Å². The average Bonchev–Trinajstić information content (AvgIpc) is 3.05. The van der Waals surface area contributed by atoms with E-state index in [2.05, 4.69) is 4.90 Å². The van der Waals surface area contributed by atoms with Crippen molar-refractivity contribution in [2.75, 3.05) is 53.1 Å². The molecule has 2 heterocycles. The molecule has 162 valence electrons. The van der Waals surface area contributed by atoms with Crippen molar-refractivity contribution >= 4 is 5.91 Å². The second kappa shape index (κ2) is 12.0. The largest absolute Gasteiger partial charge is 0.497 e. The molecule has 0 bridgehead atoms. The Kier molecular flexibility index (Phi) is 9.09. The summed E-state index contributed by atoms with van der Waals surface area (Å²) in [6, 6.07) is 7.63. The average molecular weight is 405 g/mol. The molecule has 1 aromatic carbocycles. The predicted molar refractivity (Wildman–Crippen MR) is 114 cm³/mol. The number of ether oxygens (including phenoxy) is 3. The van der Waals surface area contributed by atoms with Crippen LogP contribution in [0.4, 0.5) is 0 Å². The molecule has 1 aromatic rings. The van der Waals surface area contributed by atoms with Crippen LogP contribution in [0, 0.1) is 0 Å². The fourth-order valence-corrected chi connectivity index (χ4v) is 4.23. The maximum absolute atomic E-state index is 13.0. The Hall–Kier alpha value is -1.79. The number of benzene rings is 1. The summed E-state index contributed by atoms with van der Waals surface area (Å²) in [5.41, 5.74) is 0. The molecule has 0 saturated carbocycles. The predicted octanol–water partition coefficient (Wildman–Crippen LogP) is 3.35. The van der Waals surface area contributed by atoms with Gasteiger partial charge < -0.3 is 24.0 Å². The number of likely N-dealkylation sites (tertiary alicyclic amines) is 1. The zero-order chi connectivity index (χ0) is 20.3. The number of rotatable bonds is 9. The Morgan fingerprint density at radius 2 is 1.72 bits per heavy atom. The van der Waals surface area contributed by atoms with Crippen molar-refractivity contribution in [3.05, 3.63) is 24.3 Å². The number of carbonyl (C=O) groups excluding carboxylic acids is 1. The minimum atomic E-state index is 0.0728. The highest BCUT2D eigenvalue weighted by Crippen LogP contribution is 2.19. The van der Waals surface area contributed by atoms with Gasteiger partial charge in [0.1, 0.15) is 11.5 Å². The highest BCUT2D eigenvalue weighted by atomic mass is 16.5. The van der Waals surface area contributed by atoms with E-state index >= 15 is 0 Å². The van der Waals surface area contributed by atoms with E-state index in [0.29, 0.717) is 5.75 Å². The summed E-state index contributed by atoms with van der Waals surface area (Å²) < 4.78 is 16.4. The molecule has 0 atom stereocenters. The summed E-state index contributed by atoms with van der Waals surface area (Å²) in [7, 11) is 1.64. The van der Waals surface area contributed by atoms with E-state index in [4.69, 9.17) is 14.2 Å². The van der Waals surface area contributed by atoms with Crippen molar-refractivity contribution in [3.8, 4) is 11.5 Å². The van der Waals surface area contributed by atoms with Crippen LogP contribution in [0.25, 0.3) is 0 Å². The van der Waals surface area contributed by atoms with Crippen molar-refractivity contribution in [1.82, 2.24) is 9.80 Å². The SMILES string of the molecule is COc1ccc(OCC(=O)N(CCCN2CCCCCC2)C2CCOCC2)cc1. The van der Waals surface area contributed by atoms with Crippen LogP contribution in [0.3, 0.4) is 0 Å². The quantitative estimate of drug-likeness (QED) is 0.632. The summed E-state index contributed by atoms with van der Waals surface area (Å²) in [6.07, 6.45) is 8.16. The van der Waals surface area contributed by atoms with E-state index in [1.807, 2.05) is 29.2 Å². The van der Waals surface area contributed by atoms with Crippen LogP contribution in [-0.4, -0.2) is 74.9 Å². The number of hydrogen-bond acceptors (Lipinski definition) is 5. The number of amides is 1. The lowest BCUT2D eigenvalue weighted by atomic mass is 10.1. The van der Waals surface area contributed by atoms with Crippen molar-refractivity contribution < 1.29 is 19.0 Å². The lowest BCUT2D eigenvalue weighted by molar-refractivity contribution is -0.137. The topological polar surface area (TPSA) is 51.2 Å². The molecule has 2 aliphatic heterocycles. The summed E-state index contributed by atoms with van der Waals surface area (Å²) in [5.74, 6) is 1.54. The first kappa shape index (κ1) is 21.9. The first-order valence-electron chi connectivity index (χ1n) is 11.1. The minimum absolute atomic E-state index is 0.0728. The van der Waals surface area contributed by atoms with E-state index in [9.17, 15) is 4.79 Å². The molecule has 0 radical (unpaired) electrons. The van der Waals surface area contributed by atoms with Gasteiger partial charge in [0.2, 0.25) is 0 Å². The van der Waals surface area contributed by atoms with Gasteiger partial charge in [-0.2, -0.15) is 0 Å². The maximum Gasteiger partial charge on any atom is 0.260 e. The first-order chi connectivity index (χ1) is 14.3. The van der Waals surface area contributed by atoms with Crippen LogP contribution >= 0.6 is 0 Å². The van der Waals surface area contributed by atoms with Crippen LogP contribution in [0.5, 0.6) is 11.5 Å². The van der Waals surface area contributed by atoms with E-state index in [1.165, 1.54) is 38.8 Å². The standard InChI is InChI=1S/C23H36N2O4/c1-27-21-7-9-22(10-8-21)29-19-23(26)25(20-11-17-28-18-12-20)16-6-15-24-13-4-2-3-5-14-24/h7-10,20H,2-6,11-19H2,1H3. The van der Waals surface area contributed by atoms with E-state index in [0.717, 1.165) is 51.3 Å². The molecular weight excluding hydrogens is 368 g/mol. The molecule has 29 heavy (non-hydrogen) atoms.